The van der Waals surface area contributed by atoms with E-state index in [1.54, 1.807) is 0 Å². The summed E-state index contributed by atoms with van der Waals surface area (Å²) in [6.45, 7) is 5.91. The third-order valence-corrected chi connectivity index (χ3v) is 2.96. The van der Waals surface area contributed by atoms with Crippen LogP contribution >= 0.6 is 0 Å². The predicted molar refractivity (Wildman–Crippen MR) is 71.7 cm³/mol. The van der Waals surface area contributed by atoms with E-state index in [9.17, 15) is 4.79 Å². The van der Waals surface area contributed by atoms with Gasteiger partial charge in [0.05, 0.1) is 0 Å². The number of carbonyl (C=O) groups excluding carboxylic acids is 1. The van der Waals surface area contributed by atoms with Gasteiger partial charge < -0.3 is 4.57 Å². The molecular formula is C15H17NO. The van der Waals surface area contributed by atoms with E-state index in [4.69, 9.17) is 6.42 Å². The van der Waals surface area contributed by atoms with Crippen molar-refractivity contribution in [2.24, 2.45) is 7.05 Å². The van der Waals surface area contributed by atoms with E-state index < -0.39 is 0 Å². The molecule has 0 aromatic carbocycles. The van der Waals surface area contributed by atoms with Crippen molar-refractivity contribution >= 4 is 12.4 Å². The van der Waals surface area contributed by atoms with Crippen LogP contribution in [0.5, 0.6) is 0 Å². The molecule has 0 aliphatic heterocycles. The van der Waals surface area contributed by atoms with Crippen LogP contribution in [0.4, 0.5) is 0 Å². The summed E-state index contributed by atoms with van der Waals surface area (Å²) in [7, 11) is 1.99. The van der Waals surface area contributed by atoms with Crippen molar-refractivity contribution in [2.75, 3.05) is 0 Å². The average molecular weight is 227 g/mol. The van der Waals surface area contributed by atoms with Gasteiger partial charge in [-0.05, 0) is 44.1 Å². The zero-order chi connectivity index (χ0) is 13.0. The van der Waals surface area contributed by atoms with Gasteiger partial charge in [0, 0.05) is 24.0 Å². The van der Waals surface area contributed by atoms with Gasteiger partial charge in [-0.15, -0.1) is 6.42 Å². The molecule has 0 N–H and O–H groups in total. The fourth-order valence-electron chi connectivity index (χ4n) is 1.82. The van der Waals surface area contributed by atoms with Crippen LogP contribution in [0, 0.1) is 26.2 Å². The van der Waals surface area contributed by atoms with Crippen LogP contribution < -0.4 is 0 Å². The smallest absolute Gasteiger partial charge is 0.143 e. The maximum Gasteiger partial charge on any atom is 0.143 e. The fourth-order valence-corrected chi connectivity index (χ4v) is 1.82. The highest BCUT2D eigenvalue weighted by Gasteiger charge is 2.10. The largest absolute Gasteiger partial charge is 0.347 e. The van der Waals surface area contributed by atoms with Crippen molar-refractivity contribution < 1.29 is 4.79 Å². The molecule has 2 heteroatoms. The third-order valence-electron chi connectivity index (χ3n) is 2.96. The first-order chi connectivity index (χ1) is 8.02. The number of hydrogen-bond donors (Lipinski definition) is 0. The van der Waals surface area contributed by atoms with Crippen molar-refractivity contribution in [3.63, 3.8) is 0 Å². The van der Waals surface area contributed by atoms with Crippen LogP contribution in [0.1, 0.15) is 29.4 Å². The maximum atomic E-state index is 10.3. The molecular weight excluding hydrogens is 210 g/mol. The predicted octanol–water partition coefficient (Wildman–Crippen LogP) is 2.78. The molecule has 1 heterocycles. The molecule has 0 unspecified atom stereocenters. The minimum absolute atomic E-state index is 0.787. The lowest BCUT2D eigenvalue weighted by Gasteiger charge is -2.00. The molecule has 0 aliphatic rings. The third kappa shape index (κ3) is 2.57. The summed E-state index contributed by atoms with van der Waals surface area (Å²) in [6, 6.07) is 0. The van der Waals surface area contributed by atoms with Gasteiger partial charge in [0.2, 0.25) is 0 Å². The van der Waals surface area contributed by atoms with Gasteiger partial charge in [-0.3, -0.25) is 4.79 Å². The molecule has 2 nitrogen and oxygen atoms in total. The van der Waals surface area contributed by atoms with Crippen molar-refractivity contribution in [1.82, 2.24) is 4.57 Å². The number of rotatable bonds is 3. The quantitative estimate of drug-likeness (QED) is 0.337. The molecule has 1 rings (SSSR count). The van der Waals surface area contributed by atoms with Crippen molar-refractivity contribution in [2.45, 2.75) is 20.8 Å². The zero-order valence-corrected chi connectivity index (χ0v) is 10.7. The molecule has 0 saturated carbocycles. The van der Waals surface area contributed by atoms with Crippen molar-refractivity contribution in [3.8, 4) is 12.3 Å². The van der Waals surface area contributed by atoms with E-state index >= 15 is 0 Å². The molecule has 0 bridgehead atoms. The fraction of sp³-hybridized carbons (Fsp3) is 0.267. The number of hydrogen-bond acceptors (Lipinski definition) is 1. The molecule has 0 atom stereocenters. The number of terminal acetylenes is 1. The molecule has 0 fully saturated rings. The first-order valence-electron chi connectivity index (χ1n) is 5.45. The Hall–Kier alpha value is -2.01. The average Bonchev–Trinajstić information content (AvgIpc) is 2.49. The highest BCUT2D eigenvalue weighted by atomic mass is 16.1. The van der Waals surface area contributed by atoms with Gasteiger partial charge in [0.15, 0.2) is 0 Å². The van der Waals surface area contributed by atoms with Crippen LogP contribution in [0.3, 0.4) is 0 Å². The summed E-state index contributed by atoms with van der Waals surface area (Å²) in [6.07, 6.45) is 11.7. The standard InChI is InChI=1S/C15H17NO/c1-6-14-12(3)15(16(5)13(14)4)8-7-11(2)9-10-17/h1,7-10H,2-5H3/b8-7+,11-9-. The molecule has 0 saturated heterocycles. The number of aldehydes is 1. The van der Waals surface area contributed by atoms with Gasteiger partial charge in [0.1, 0.15) is 6.29 Å². The van der Waals surface area contributed by atoms with Gasteiger partial charge >= 0.3 is 0 Å². The van der Waals surface area contributed by atoms with Crippen LogP contribution in [0.25, 0.3) is 6.08 Å². The topological polar surface area (TPSA) is 22.0 Å². The number of nitrogens with zero attached hydrogens (tertiary/aromatic N) is 1. The summed E-state index contributed by atoms with van der Waals surface area (Å²) in [5, 5.41) is 0. The summed E-state index contributed by atoms with van der Waals surface area (Å²) < 4.78 is 2.06. The second-order valence-corrected chi connectivity index (χ2v) is 4.05. The Morgan fingerprint density at radius 3 is 2.53 bits per heavy atom. The monoisotopic (exact) mass is 227 g/mol. The van der Waals surface area contributed by atoms with E-state index in [-0.39, 0.29) is 0 Å². The molecule has 88 valence electrons. The molecule has 17 heavy (non-hydrogen) atoms. The summed E-state index contributed by atoms with van der Waals surface area (Å²) in [5.74, 6) is 2.71. The maximum absolute atomic E-state index is 10.3. The Labute approximate surface area is 103 Å². The van der Waals surface area contributed by atoms with Gasteiger partial charge in [-0.2, -0.15) is 0 Å². The van der Waals surface area contributed by atoms with Crippen LogP contribution in [0.2, 0.25) is 0 Å². The minimum atomic E-state index is 0.787. The summed E-state index contributed by atoms with van der Waals surface area (Å²) >= 11 is 0. The van der Waals surface area contributed by atoms with Crippen LogP contribution in [-0.2, 0) is 11.8 Å². The van der Waals surface area contributed by atoms with Crippen molar-refractivity contribution in [1.29, 1.82) is 0 Å². The summed E-state index contributed by atoms with van der Waals surface area (Å²) in [5.41, 5.74) is 5.13. The second kappa shape index (κ2) is 5.36. The minimum Gasteiger partial charge on any atom is -0.347 e. The van der Waals surface area contributed by atoms with E-state index in [0.717, 1.165) is 34.4 Å². The Morgan fingerprint density at radius 1 is 1.41 bits per heavy atom. The van der Waals surface area contributed by atoms with Crippen LogP contribution in [0.15, 0.2) is 17.7 Å². The molecule has 0 amide bonds. The Balaban J connectivity index is 3.22. The lowest BCUT2D eigenvalue weighted by Crippen LogP contribution is -1.93. The van der Waals surface area contributed by atoms with E-state index in [2.05, 4.69) is 10.5 Å². The Kier molecular flexibility index (Phi) is 4.12. The first-order valence-corrected chi connectivity index (χ1v) is 5.45. The zero-order valence-electron chi connectivity index (χ0n) is 10.7. The van der Waals surface area contributed by atoms with Crippen molar-refractivity contribution in [3.05, 3.63) is 40.2 Å². The van der Waals surface area contributed by atoms with Gasteiger partial charge in [0.25, 0.3) is 0 Å². The lowest BCUT2D eigenvalue weighted by molar-refractivity contribution is -0.104. The van der Waals surface area contributed by atoms with E-state index in [1.165, 1.54) is 6.08 Å². The molecule has 0 aliphatic carbocycles. The molecule has 0 spiro atoms. The number of allylic oxidation sites excluding steroid dienone is 3. The highest BCUT2D eigenvalue weighted by Crippen LogP contribution is 2.21. The van der Waals surface area contributed by atoms with E-state index in [1.807, 2.05) is 40.0 Å². The lowest BCUT2D eigenvalue weighted by atomic mass is 10.1. The van der Waals surface area contributed by atoms with Gasteiger partial charge in [-0.1, -0.05) is 12.0 Å². The van der Waals surface area contributed by atoms with Gasteiger partial charge in [-0.25, -0.2) is 0 Å². The number of carbonyl (C=O) groups is 1. The highest BCUT2D eigenvalue weighted by molar-refractivity contribution is 5.68. The first kappa shape index (κ1) is 13.1. The molecule has 0 radical (unpaired) electrons. The Morgan fingerprint density at radius 2 is 2.06 bits per heavy atom. The SMILES string of the molecule is C#Cc1c(C)c(/C=C/C(C)=C\C=O)n(C)c1C. The normalized spacial score (nSPS) is 11.8. The second-order valence-electron chi connectivity index (χ2n) is 4.05. The Bertz CT molecular complexity index is 536. The number of aromatic nitrogens is 1. The summed E-state index contributed by atoms with van der Waals surface area (Å²) in [4.78, 5) is 10.3. The van der Waals surface area contributed by atoms with Crippen LogP contribution in [-0.4, -0.2) is 10.9 Å². The van der Waals surface area contributed by atoms with E-state index in [0.29, 0.717) is 0 Å². The molecule has 1 aromatic rings. The molecule has 1 aromatic heterocycles.